The van der Waals surface area contributed by atoms with E-state index in [1.54, 1.807) is 0 Å². The first-order chi connectivity index (χ1) is 9.04. The highest BCUT2D eigenvalue weighted by Crippen LogP contribution is 2.37. The highest BCUT2D eigenvalue weighted by Gasteiger charge is 2.49. The largest absolute Gasteiger partial charge is 0.623 e. The molecule has 0 radical (unpaired) electrons. The number of quaternary nitrogens is 1. The summed E-state index contributed by atoms with van der Waals surface area (Å²) in [6.07, 6.45) is -0.0964. The second kappa shape index (κ2) is 4.92. The van der Waals surface area contributed by atoms with Crippen LogP contribution in [0.3, 0.4) is 0 Å². The highest BCUT2D eigenvalue weighted by atomic mass is 32.2. The quantitative estimate of drug-likeness (QED) is 0.338. The van der Waals surface area contributed by atoms with Gasteiger partial charge in [0.15, 0.2) is 6.17 Å². The number of hydrogen-bond acceptors (Lipinski definition) is 7. The molecule has 3 unspecified atom stereocenters. The van der Waals surface area contributed by atoms with Crippen molar-refractivity contribution in [1.29, 1.82) is 0 Å². The maximum absolute atomic E-state index is 13.1. The van der Waals surface area contributed by atoms with E-state index in [0.717, 1.165) is 19.6 Å². The molecule has 106 valence electrons. The van der Waals surface area contributed by atoms with Gasteiger partial charge in [-0.15, -0.1) is 0 Å². The number of aromatic nitrogens is 2. The molecule has 0 amide bonds. The Hall–Kier alpha value is -0.290. The van der Waals surface area contributed by atoms with Gasteiger partial charge in [-0.1, -0.05) is 10.2 Å². The zero-order valence-corrected chi connectivity index (χ0v) is 12.6. The molecule has 0 saturated carbocycles. The van der Waals surface area contributed by atoms with Gasteiger partial charge in [0.1, 0.15) is 12.4 Å². The molecular weight excluding hydrogens is 286 g/mol. The van der Waals surface area contributed by atoms with Gasteiger partial charge in [0.05, 0.1) is 6.54 Å². The molecule has 1 aromatic rings. The molecule has 2 fully saturated rings. The molecule has 2 saturated heterocycles. The van der Waals surface area contributed by atoms with Gasteiger partial charge in [-0.2, -0.15) is 0 Å². The molecular formula is C10H17N5O2S2. The monoisotopic (exact) mass is 303 g/mol. The smallest absolute Gasteiger partial charge is 0.327 e. The minimum atomic E-state index is -1.13. The van der Waals surface area contributed by atoms with Crippen LogP contribution in [0.1, 0.15) is 6.92 Å². The van der Waals surface area contributed by atoms with Gasteiger partial charge in [0.2, 0.25) is 0 Å². The average Bonchev–Trinajstić information content (AvgIpc) is 3.00. The average molecular weight is 303 g/mol. The summed E-state index contributed by atoms with van der Waals surface area (Å²) >= 11 is 0.0625. The molecule has 9 heteroatoms. The summed E-state index contributed by atoms with van der Waals surface area (Å²) < 4.78 is 11.7. The van der Waals surface area contributed by atoms with Crippen molar-refractivity contribution in [3.05, 3.63) is 5.21 Å². The number of rotatable bonds is 4. The SMILES string of the molecule is CC[S+]([O-])c1nnc([N+]2([O-])CN(C)CC2N2CC2)s1. The van der Waals surface area contributed by atoms with Crippen molar-refractivity contribution >= 4 is 27.6 Å². The first-order valence-corrected chi connectivity index (χ1v) is 8.42. The third kappa shape index (κ3) is 2.40. The molecule has 0 N–H and O–H groups in total. The van der Waals surface area contributed by atoms with E-state index in [2.05, 4.69) is 15.1 Å². The Morgan fingerprint density at radius 3 is 2.84 bits per heavy atom. The summed E-state index contributed by atoms with van der Waals surface area (Å²) in [5, 5.41) is 21.5. The summed E-state index contributed by atoms with van der Waals surface area (Å²) in [5.41, 5.74) is 0. The molecule has 3 heterocycles. The topological polar surface area (TPSA) is 78.2 Å². The fourth-order valence-electron chi connectivity index (χ4n) is 2.42. The van der Waals surface area contributed by atoms with E-state index in [1.807, 2.05) is 18.9 Å². The number of hydrogen-bond donors (Lipinski definition) is 0. The van der Waals surface area contributed by atoms with Crippen molar-refractivity contribution in [3.8, 4) is 0 Å². The Morgan fingerprint density at radius 1 is 1.47 bits per heavy atom. The minimum absolute atomic E-state index is 0.0964. The van der Waals surface area contributed by atoms with Crippen LogP contribution < -0.4 is 4.65 Å². The highest BCUT2D eigenvalue weighted by molar-refractivity contribution is 7.93. The lowest BCUT2D eigenvalue weighted by Gasteiger charge is -2.39. The van der Waals surface area contributed by atoms with Crippen LogP contribution in [0.4, 0.5) is 5.13 Å². The third-order valence-corrected chi connectivity index (χ3v) is 6.12. The molecule has 2 aliphatic rings. The van der Waals surface area contributed by atoms with Crippen LogP contribution in [-0.4, -0.2) is 69.8 Å². The van der Waals surface area contributed by atoms with E-state index in [4.69, 9.17) is 0 Å². The van der Waals surface area contributed by atoms with E-state index in [-0.39, 0.29) is 6.17 Å². The van der Waals surface area contributed by atoms with E-state index in [0.29, 0.717) is 21.9 Å². The molecule has 7 nitrogen and oxygen atoms in total. The molecule has 0 bridgehead atoms. The summed E-state index contributed by atoms with van der Waals surface area (Å²) in [5.74, 6) is 0.503. The summed E-state index contributed by atoms with van der Waals surface area (Å²) in [6.45, 7) is 4.92. The van der Waals surface area contributed by atoms with Crippen LogP contribution in [-0.2, 0) is 11.2 Å². The fraction of sp³-hybridized carbons (Fsp3) is 0.800. The van der Waals surface area contributed by atoms with Crippen molar-refractivity contribution in [2.24, 2.45) is 0 Å². The number of nitrogens with zero attached hydrogens (tertiary/aromatic N) is 5. The van der Waals surface area contributed by atoms with Crippen molar-refractivity contribution in [1.82, 2.24) is 24.6 Å². The van der Waals surface area contributed by atoms with E-state index < -0.39 is 15.8 Å². The lowest BCUT2D eigenvalue weighted by Crippen LogP contribution is -2.52. The molecule has 19 heavy (non-hydrogen) atoms. The predicted molar refractivity (Wildman–Crippen MR) is 74.9 cm³/mol. The van der Waals surface area contributed by atoms with Crippen molar-refractivity contribution in [2.45, 2.75) is 17.4 Å². The molecule has 0 aliphatic carbocycles. The summed E-state index contributed by atoms with van der Waals surface area (Å²) in [7, 11) is 1.94. The van der Waals surface area contributed by atoms with Crippen LogP contribution >= 0.6 is 11.3 Å². The molecule has 0 spiro atoms. The first-order valence-electron chi connectivity index (χ1n) is 6.28. The van der Waals surface area contributed by atoms with Crippen molar-refractivity contribution < 1.29 is 4.55 Å². The van der Waals surface area contributed by atoms with Gasteiger partial charge in [-0.3, -0.25) is 9.55 Å². The second-order valence-corrected chi connectivity index (χ2v) is 7.85. The zero-order valence-electron chi connectivity index (χ0n) is 11.0. The van der Waals surface area contributed by atoms with Crippen LogP contribution in [0.5, 0.6) is 0 Å². The van der Waals surface area contributed by atoms with E-state index in [1.165, 1.54) is 11.3 Å². The van der Waals surface area contributed by atoms with E-state index in [9.17, 15) is 9.76 Å². The maximum Gasteiger partial charge on any atom is 0.327 e. The standard InChI is InChI=1S/C10H17N5O2S2/c1-3-19(17)10-12-11-9(18-10)15(16)7-13(2)6-8(15)14-4-5-14/h8H,3-7H2,1-2H3. The van der Waals surface area contributed by atoms with Crippen LogP contribution in [0.2, 0.25) is 0 Å². The lowest BCUT2D eigenvalue weighted by atomic mass is 10.4. The van der Waals surface area contributed by atoms with Gasteiger partial charge < -0.3 is 9.76 Å². The van der Waals surface area contributed by atoms with Crippen molar-refractivity contribution in [3.63, 3.8) is 0 Å². The number of hydroxylamine groups is 2. The normalized spacial score (nSPS) is 33.8. The maximum atomic E-state index is 13.1. The van der Waals surface area contributed by atoms with Crippen molar-refractivity contribution in [2.75, 3.05) is 39.1 Å². The third-order valence-electron chi connectivity index (χ3n) is 3.49. The lowest BCUT2D eigenvalue weighted by molar-refractivity contribution is 0.233. The Kier molecular flexibility index (Phi) is 3.54. The van der Waals surface area contributed by atoms with Crippen LogP contribution in [0, 0.1) is 5.21 Å². The Morgan fingerprint density at radius 2 is 2.21 bits per heavy atom. The van der Waals surface area contributed by atoms with Gasteiger partial charge in [-0.05, 0) is 14.0 Å². The Balaban J connectivity index is 1.88. The predicted octanol–water partition coefficient (Wildman–Crippen LogP) is 0.0153. The molecule has 1 aromatic heterocycles. The first kappa shape index (κ1) is 13.7. The van der Waals surface area contributed by atoms with E-state index >= 15 is 0 Å². The molecule has 3 atom stereocenters. The van der Waals surface area contributed by atoms with Gasteiger partial charge >= 0.3 is 9.47 Å². The fourth-order valence-corrected chi connectivity index (χ4v) is 4.40. The summed E-state index contributed by atoms with van der Waals surface area (Å²) in [6, 6.07) is 0. The van der Waals surface area contributed by atoms with Gasteiger partial charge in [0, 0.05) is 35.6 Å². The molecule has 2 aliphatic heterocycles. The zero-order chi connectivity index (χ0) is 13.6. The molecule has 3 rings (SSSR count). The van der Waals surface area contributed by atoms with Crippen LogP contribution in [0.15, 0.2) is 4.34 Å². The van der Waals surface area contributed by atoms with Gasteiger partial charge in [-0.25, -0.2) is 4.90 Å². The minimum Gasteiger partial charge on any atom is -0.623 e. The molecule has 0 aromatic carbocycles. The summed E-state index contributed by atoms with van der Waals surface area (Å²) in [4.78, 5) is 4.18. The number of likely N-dealkylation sites (N-methyl/N-ethyl adjacent to an activating group) is 1. The second-order valence-electron chi connectivity index (χ2n) is 4.98. The Labute approximate surface area is 119 Å². The van der Waals surface area contributed by atoms with Gasteiger partial charge in [0.25, 0.3) is 0 Å². The van der Waals surface area contributed by atoms with Crippen LogP contribution in [0.25, 0.3) is 0 Å². The Bertz CT molecular complexity index is 469.